The lowest BCUT2D eigenvalue weighted by Gasteiger charge is -2.10. The summed E-state index contributed by atoms with van der Waals surface area (Å²) in [6, 6.07) is 7.37. The lowest BCUT2D eigenvalue weighted by atomic mass is 10.2. The van der Waals surface area contributed by atoms with E-state index in [4.69, 9.17) is 11.6 Å². The maximum Gasteiger partial charge on any atom is 0.273 e. The number of hydrogen-bond donors (Lipinski definition) is 1. The highest BCUT2D eigenvalue weighted by Crippen LogP contribution is 2.16. The molecule has 1 N–H and O–H groups in total. The quantitative estimate of drug-likeness (QED) is 0.942. The fourth-order valence-electron chi connectivity index (χ4n) is 1.79. The average Bonchev–Trinajstić information content (AvgIpc) is 2.80. The second-order valence-corrected chi connectivity index (χ2v) is 5.13. The van der Waals surface area contributed by atoms with Crippen LogP contribution in [0.2, 0.25) is 5.02 Å². The number of nitrogens with zero attached hydrogens (tertiary/aromatic N) is 3. The topological polar surface area (TPSA) is 59.8 Å². The van der Waals surface area contributed by atoms with E-state index in [0.717, 1.165) is 12.1 Å². The Morgan fingerprint density at radius 3 is 2.90 bits per heavy atom. The van der Waals surface area contributed by atoms with Gasteiger partial charge in [-0.2, -0.15) is 0 Å². The maximum absolute atomic E-state index is 12.1. The molecule has 0 bridgehead atoms. The average molecular weight is 293 g/mol. The molecule has 1 heterocycles. The van der Waals surface area contributed by atoms with Gasteiger partial charge in [0.2, 0.25) is 0 Å². The molecule has 0 aliphatic carbocycles. The summed E-state index contributed by atoms with van der Waals surface area (Å²) in [5.74, 6) is -0.204. The van der Waals surface area contributed by atoms with E-state index in [2.05, 4.69) is 15.6 Å². The van der Waals surface area contributed by atoms with Crippen LogP contribution in [0.1, 0.15) is 36.5 Å². The zero-order valence-corrected chi connectivity index (χ0v) is 12.5. The third kappa shape index (κ3) is 2.99. The van der Waals surface area contributed by atoms with Gasteiger partial charge in [-0.1, -0.05) is 29.8 Å². The number of halogens is 1. The van der Waals surface area contributed by atoms with Gasteiger partial charge in [0.05, 0.1) is 11.4 Å². The largest absolute Gasteiger partial charge is 0.348 e. The number of carbonyl (C=O) groups excluding carboxylic acids is 1. The molecule has 1 aromatic heterocycles. The van der Waals surface area contributed by atoms with Gasteiger partial charge in [-0.15, -0.1) is 5.10 Å². The second kappa shape index (κ2) is 6.05. The number of carbonyl (C=O) groups is 1. The first-order chi connectivity index (χ1) is 9.52. The van der Waals surface area contributed by atoms with Crippen molar-refractivity contribution in [2.24, 2.45) is 0 Å². The number of benzene rings is 1. The Hall–Kier alpha value is -1.88. The fourth-order valence-corrected chi connectivity index (χ4v) is 1.97. The molecule has 20 heavy (non-hydrogen) atoms. The summed E-state index contributed by atoms with van der Waals surface area (Å²) in [7, 11) is 0. The molecule has 0 unspecified atom stereocenters. The highest BCUT2D eigenvalue weighted by Gasteiger charge is 2.18. The minimum Gasteiger partial charge on any atom is -0.348 e. The number of rotatable bonds is 4. The molecule has 2 aromatic rings. The molecule has 106 valence electrons. The lowest BCUT2D eigenvalue weighted by Crippen LogP contribution is -2.32. The monoisotopic (exact) mass is 292 g/mol. The van der Waals surface area contributed by atoms with E-state index in [1.165, 1.54) is 0 Å². The fraction of sp³-hybridized carbons (Fsp3) is 0.357. The molecule has 0 saturated carbocycles. The molecule has 1 atom stereocenters. The van der Waals surface area contributed by atoms with Gasteiger partial charge in [-0.05, 0) is 38.5 Å². The molecule has 0 fully saturated rings. The van der Waals surface area contributed by atoms with Crippen molar-refractivity contribution in [2.75, 3.05) is 0 Å². The minimum atomic E-state index is -0.204. The summed E-state index contributed by atoms with van der Waals surface area (Å²) in [4.78, 5) is 12.1. The molecule has 2 rings (SSSR count). The van der Waals surface area contributed by atoms with Gasteiger partial charge in [-0.3, -0.25) is 4.79 Å². The van der Waals surface area contributed by atoms with E-state index in [9.17, 15) is 4.79 Å². The zero-order chi connectivity index (χ0) is 14.7. The Labute approximate surface area is 122 Å². The molecule has 5 nitrogen and oxygen atoms in total. The SMILES string of the molecule is CC[C@H](C)NC(=O)c1nnn(-c2cccc(Cl)c2)c1C. The molecule has 1 amide bonds. The van der Waals surface area contributed by atoms with Crippen molar-refractivity contribution in [1.29, 1.82) is 0 Å². The number of nitrogens with one attached hydrogen (secondary N) is 1. The van der Waals surface area contributed by atoms with Crippen LogP contribution in [0.3, 0.4) is 0 Å². The van der Waals surface area contributed by atoms with Crippen LogP contribution >= 0.6 is 11.6 Å². The highest BCUT2D eigenvalue weighted by atomic mass is 35.5. The van der Waals surface area contributed by atoms with Crippen molar-refractivity contribution in [1.82, 2.24) is 20.3 Å². The lowest BCUT2D eigenvalue weighted by molar-refractivity contribution is 0.0933. The van der Waals surface area contributed by atoms with Crippen LogP contribution in [0.25, 0.3) is 5.69 Å². The Balaban J connectivity index is 2.29. The highest BCUT2D eigenvalue weighted by molar-refractivity contribution is 6.30. The molecular weight excluding hydrogens is 276 g/mol. The number of amides is 1. The van der Waals surface area contributed by atoms with Gasteiger partial charge in [0.25, 0.3) is 5.91 Å². The molecule has 1 aromatic carbocycles. The van der Waals surface area contributed by atoms with Crippen molar-refractivity contribution in [2.45, 2.75) is 33.2 Å². The Morgan fingerprint density at radius 2 is 2.25 bits per heavy atom. The van der Waals surface area contributed by atoms with Crippen molar-refractivity contribution in [3.8, 4) is 5.69 Å². The Bertz CT molecular complexity index is 623. The van der Waals surface area contributed by atoms with Gasteiger partial charge in [-0.25, -0.2) is 4.68 Å². The summed E-state index contributed by atoms with van der Waals surface area (Å²) in [6.07, 6.45) is 0.868. The van der Waals surface area contributed by atoms with Crippen LogP contribution < -0.4 is 5.32 Å². The molecule has 0 spiro atoms. The number of hydrogen-bond acceptors (Lipinski definition) is 3. The molecule has 0 aliphatic rings. The predicted octanol–water partition coefficient (Wildman–Crippen LogP) is 2.76. The van der Waals surface area contributed by atoms with Gasteiger partial charge < -0.3 is 5.32 Å². The summed E-state index contributed by atoms with van der Waals surface area (Å²) < 4.78 is 1.61. The first-order valence-corrected chi connectivity index (χ1v) is 6.89. The van der Waals surface area contributed by atoms with Crippen LogP contribution in [0.15, 0.2) is 24.3 Å². The van der Waals surface area contributed by atoms with Gasteiger partial charge in [0.1, 0.15) is 0 Å². The second-order valence-electron chi connectivity index (χ2n) is 4.70. The number of aromatic nitrogens is 3. The third-order valence-electron chi connectivity index (χ3n) is 3.15. The molecular formula is C14H17ClN4O. The molecule has 0 aliphatic heterocycles. The summed E-state index contributed by atoms with van der Waals surface area (Å²) in [5.41, 5.74) is 1.81. The zero-order valence-electron chi connectivity index (χ0n) is 11.7. The Kier molecular flexibility index (Phi) is 4.39. The molecule has 6 heteroatoms. The minimum absolute atomic E-state index is 0.109. The smallest absolute Gasteiger partial charge is 0.273 e. The molecule has 0 radical (unpaired) electrons. The maximum atomic E-state index is 12.1. The first kappa shape index (κ1) is 14.5. The van der Waals surface area contributed by atoms with E-state index < -0.39 is 0 Å². The standard InChI is InChI=1S/C14H17ClN4O/c1-4-9(2)16-14(20)13-10(3)19(18-17-13)12-7-5-6-11(15)8-12/h5-9H,4H2,1-3H3,(H,16,20)/t9-/m0/s1. The van der Waals surface area contributed by atoms with Crippen molar-refractivity contribution in [3.63, 3.8) is 0 Å². The normalized spacial score (nSPS) is 12.2. The van der Waals surface area contributed by atoms with E-state index in [1.807, 2.05) is 32.9 Å². The van der Waals surface area contributed by atoms with Crippen molar-refractivity contribution < 1.29 is 4.79 Å². The van der Waals surface area contributed by atoms with E-state index in [1.54, 1.807) is 16.8 Å². The van der Waals surface area contributed by atoms with Crippen LogP contribution in [0.4, 0.5) is 0 Å². The van der Waals surface area contributed by atoms with E-state index in [-0.39, 0.29) is 11.9 Å². The Morgan fingerprint density at radius 1 is 1.50 bits per heavy atom. The predicted molar refractivity (Wildman–Crippen MR) is 78.3 cm³/mol. The van der Waals surface area contributed by atoms with Crippen molar-refractivity contribution in [3.05, 3.63) is 40.7 Å². The van der Waals surface area contributed by atoms with Crippen LogP contribution in [0, 0.1) is 6.92 Å². The summed E-state index contributed by atoms with van der Waals surface area (Å²) >= 11 is 5.96. The van der Waals surface area contributed by atoms with Crippen LogP contribution in [-0.4, -0.2) is 26.9 Å². The first-order valence-electron chi connectivity index (χ1n) is 6.52. The third-order valence-corrected chi connectivity index (χ3v) is 3.39. The van der Waals surface area contributed by atoms with E-state index >= 15 is 0 Å². The van der Waals surface area contributed by atoms with Crippen LogP contribution in [0.5, 0.6) is 0 Å². The van der Waals surface area contributed by atoms with Gasteiger partial charge in [0, 0.05) is 11.1 Å². The van der Waals surface area contributed by atoms with Gasteiger partial charge >= 0.3 is 0 Å². The summed E-state index contributed by atoms with van der Waals surface area (Å²) in [6.45, 7) is 5.78. The van der Waals surface area contributed by atoms with E-state index in [0.29, 0.717) is 16.4 Å². The molecule has 0 saturated heterocycles. The van der Waals surface area contributed by atoms with Gasteiger partial charge in [0.15, 0.2) is 5.69 Å². The summed E-state index contributed by atoms with van der Waals surface area (Å²) in [5, 5.41) is 11.5. The van der Waals surface area contributed by atoms with Crippen molar-refractivity contribution >= 4 is 17.5 Å². The van der Waals surface area contributed by atoms with Crippen LogP contribution in [-0.2, 0) is 0 Å².